The summed E-state index contributed by atoms with van der Waals surface area (Å²) < 4.78 is 27.0. The van der Waals surface area contributed by atoms with E-state index in [4.69, 9.17) is 0 Å². The Morgan fingerprint density at radius 1 is 1.25 bits per heavy atom. The average Bonchev–Trinajstić information content (AvgIpc) is 2.38. The van der Waals surface area contributed by atoms with Gasteiger partial charge in [0.25, 0.3) is 10.0 Å². The smallest absolute Gasteiger partial charge is 0.261 e. The molecule has 1 heterocycles. The fraction of sp³-hybridized carbons (Fsp3) is 0.214. The molecule has 2 N–H and O–H groups in total. The Hall–Kier alpha value is -1.92. The molecule has 2 aromatic rings. The Balaban J connectivity index is 2.33. The number of hydrogen-bond donors (Lipinski definition) is 2. The summed E-state index contributed by atoms with van der Waals surface area (Å²) in [5, 5.41) is 9.52. The fourth-order valence-corrected chi connectivity index (χ4v) is 2.87. The van der Waals surface area contributed by atoms with Crippen LogP contribution in [0.25, 0.3) is 0 Å². The van der Waals surface area contributed by atoms with Crippen LogP contribution in [-0.2, 0) is 10.0 Å². The number of pyridine rings is 1. The lowest BCUT2D eigenvalue weighted by molar-refractivity contribution is 0.199. The molecule has 0 aliphatic rings. The molecular weight excluding hydrogens is 276 g/mol. The maximum atomic E-state index is 12.3. The normalized spacial score (nSPS) is 12.9. The molecule has 0 saturated heterocycles. The molecule has 0 radical (unpaired) electrons. The molecule has 0 aliphatic carbocycles. The van der Waals surface area contributed by atoms with Crippen LogP contribution in [-0.4, -0.2) is 18.5 Å². The Morgan fingerprint density at radius 3 is 2.65 bits per heavy atom. The highest BCUT2D eigenvalue weighted by atomic mass is 32.2. The molecule has 0 saturated carbocycles. The summed E-state index contributed by atoms with van der Waals surface area (Å²) in [6.07, 6.45) is 0.827. The third-order valence-electron chi connectivity index (χ3n) is 2.80. The van der Waals surface area contributed by atoms with E-state index in [1.54, 1.807) is 44.3 Å². The van der Waals surface area contributed by atoms with E-state index in [1.807, 2.05) is 0 Å². The lowest BCUT2D eigenvalue weighted by Crippen LogP contribution is -2.13. The molecule has 0 amide bonds. The molecule has 106 valence electrons. The van der Waals surface area contributed by atoms with Crippen molar-refractivity contribution in [1.29, 1.82) is 0 Å². The molecule has 6 heteroatoms. The summed E-state index contributed by atoms with van der Waals surface area (Å²) in [5.41, 5.74) is 1.74. The van der Waals surface area contributed by atoms with E-state index in [0.717, 1.165) is 5.69 Å². The number of hydrogen-bond acceptors (Lipinski definition) is 4. The van der Waals surface area contributed by atoms with Crippen molar-refractivity contribution in [1.82, 2.24) is 4.98 Å². The maximum Gasteiger partial charge on any atom is 0.261 e. The van der Waals surface area contributed by atoms with Gasteiger partial charge in [-0.15, -0.1) is 0 Å². The van der Waals surface area contributed by atoms with E-state index in [1.165, 1.54) is 12.1 Å². The number of aliphatic hydroxyl groups excluding tert-OH is 1. The van der Waals surface area contributed by atoms with E-state index in [9.17, 15) is 13.5 Å². The molecule has 0 fully saturated rings. The summed E-state index contributed by atoms with van der Waals surface area (Å²) in [4.78, 5) is 4.13. The number of anilines is 1. The lowest BCUT2D eigenvalue weighted by atomic mass is 10.1. The molecule has 20 heavy (non-hydrogen) atoms. The van der Waals surface area contributed by atoms with Gasteiger partial charge in [0.05, 0.1) is 16.7 Å². The van der Waals surface area contributed by atoms with E-state index in [0.29, 0.717) is 11.3 Å². The molecule has 0 spiro atoms. The first-order chi connectivity index (χ1) is 9.38. The summed E-state index contributed by atoms with van der Waals surface area (Å²) in [6, 6.07) is 9.47. The van der Waals surface area contributed by atoms with Crippen LogP contribution in [0.3, 0.4) is 0 Å². The van der Waals surface area contributed by atoms with E-state index in [2.05, 4.69) is 9.71 Å². The van der Waals surface area contributed by atoms with Crippen LogP contribution in [0, 0.1) is 6.92 Å². The monoisotopic (exact) mass is 292 g/mol. The van der Waals surface area contributed by atoms with E-state index in [-0.39, 0.29) is 4.90 Å². The van der Waals surface area contributed by atoms with Crippen LogP contribution in [0.15, 0.2) is 47.5 Å². The minimum absolute atomic E-state index is 0.116. The summed E-state index contributed by atoms with van der Waals surface area (Å²) >= 11 is 0. The second kappa shape index (κ2) is 5.60. The zero-order chi connectivity index (χ0) is 14.8. The number of aliphatic hydroxyl groups is 1. The number of aromatic nitrogens is 1. The van der Waals surface area contributed by atoms with Gasteiger partial charge in [0.15, 0.2) is 0 Å². The molecule has 1 aromatic carbocycles. The van der Waals surface area contributed by atoms with Crippen molar-refractivity contribution in [3.05, 3.63) is 53.9 Å². The fourth-order valence-electron chi connectivity index (χ4n) is 1.76. The number of aryl methyl sites for hydroxylation is 1. The largest absolute Gasteiger partial charge is 0.389 e. The third-order valence-corrected chi connectivity index (χ3v) is 4.18. The van der Waals surface area contributed by atoms with Crippen molar-refractivity contribution in [3.8, 4) is 0 Å². The Kier molecular flexibility index (Phi) is 4.06. The van der Waals surface area contributed by atoms with Gasteiger partial charge in [0.2, 0.25) is 0 Å². The second-order valence-corrected chi connectivity index (χ2v) is 6.22. The number of rotatable bonds is 4. The highest BCUT2D eigenvalue weighted by molar-refractivity contribution is 7.92. The van der Waals surface area contributed by atoms with Gasteiger partial charge in [-0.1, -0.05) is 12.1 Å². The van der Waals surface area contributed by atoms with Gasteiger partial charge in [-0.2, -0.15) is 0 Å². The lowest BCUT2D eigenvalue weighted by Gasteiger charge is -2.10. The zero-order valence-corrected chi connectivity index (χ0v) is 12.1. The summed E-state index contributed by atoms with van der Waals surface area (Å²) in [5.74, 6) is 0. The summed E-state index contributed by atoms with van der Waals surface area (Å²) in [6.45, 7) is 3.37. The maximum absolute atomic E-state index is 12.3. The van der Waals surface area contributed by atoms with Crippen LogP contribution in [0.1, 0.15) is 24.3 Å². The van der Waals surface area contributed by atoms with Crippen molar-refractivity contribution in [2.75, 3.05) is 4.72 Å². The predicted molar refractivity (Wildman–Crippen MR) is 76.9 cm³/mol. The van der Waals surface area contributed by atoms with Gasteiger partial charge in [-0.05, 0) is 43.7 Å². The zero-order valence-electron chi connectivity index (χ0n) is 11.2. The first kappa shape index (κ1) is 14.5. The van der Waals surface area contributed by atoms with Gasteiger partial charge in [-0.3, -0.25) is 9.71 Å². The molecule has 0 aliphatic heterocycles. The Morgan fingerprint density at radius 2 is 2.00 bits per heavy atom. The average molecular weight is 292 g/mol. The van der Waals surface area contributed by atoms with Crippen LogP contribution in [0.4, 0.5) is 5.69 Å². The van der Waals surface area contributed by atoms with Crippen molar-refractivity contribution in [3.63, 3.8) is 0 Å². The first-order valence-electron chi connectivity index (χ1n) is 6.12. The van der Waals surface area contributed by atoms with Gasteiger partial charge < -0.3 is 5.11 Å². The SMILES string of the molecule is Cc1cc(NS(=O)(=O)c2cccc(C(C)O)c2)ccn1. The van der Waals surface area contributed by atoms with Crippen LogP contribution in [0.2, 0.25) is 0 Å². The van der Waals surface area contributed by atoms with Gasteiger partial charge >= 0.3 is 0 Å². The Labute approximate surface area is 118 Å². The van der Waals surface area contributed by atoms with Crippen molar-refractivity contribution in [2.24, 2.45) is 0 Å². The minimum Gasteiger partial charge on any atom is -0.389 e. The predicted octanol–water partition coefficient (Wildman–Crippen LogP) is 2.24. The van der Waals surface area contributed by atoms with Gasteiger partial charge in [-0.25, -0.2) is 8.42 Å². The van der Waals surface area contributed by atoms with Crippen molar-refractivity contribution in [2.45, 2.75) is 24.8 Å². The number of nitrogens with one attached hydrogen (secondary N) is 1. The minimum atomic E-state index is -3.67. The third kappa shape index (κ3) is 3.34. The molecule has 5 nitrogen and oxygen atoms in total. The molecule has 2 rings (SSSR count). The topological polar surface area (TPSA) is 79.3 Å². The Bertz CT molecular complexity index is 712. The van der Waals surface area contributed by atoms with E-state index >= 15 is 0 Å². The number of benzene rings is 1. The summed E-state index contributed by atoms with van der Waals surface area (Å²) in [7, 11) is -3.67. The van der Waals surface area contributed by atoms with E-state index < -0.39 is 16.1 Å². The van der Waals surface area contributed by atoms with Gasteiger partial charge in [0, 0.05) is 11.9 Å². The number of sulfonamides is 1. The van der Waals surface area contributed by atoms with Crippen molar-refractivity contribution < 1.29 is 13.5 Å². The number of nitrogens with zero attached hydrogens (tertiary/aromatic N) is 1. The first-order valence-corrected chi connectivity index (χ1v) is 7.60. The molecule has 1 atom stereocenters. The molecule has 0 bridgehead atoms. The molecular formula is C14H16N2O3S. The van der Waals surface area contributed by atoms with Gasteiger partial charge in [0.1, 0.15) is 0 Å². The molecule has 1 aromatic heterocycles. The highest BCUT2D eigenvalue weighted by Gasteiger charge is 2.15. The van der Waals surface area contributed by atoms with Crippen LogP contribution in [0.5, 0.6) is 0 Å². The van der Waals surface area contributed by atoms with Crippen LogP contribution >= 0.6 is 0 Å². The quantitative estimate of drug-likeness (QED) is 0.905. The molecule has 1 unspecified atom stereocenters. The second-order valence-electron chi connectivity index (χ2n) is 4.54. The van der Waals surface area contributed by atoms with Crippen molar-refractivity contribution >= 4 is 15.7 Å². The standard InChI is InChI=1S/C14H16N2O3S/c1-10-8-13(6-7-15-10)16-20(18,19)14-5-3-4-12(9-14)11(2)17/h3-9,11,17H,1-2H3,(H,15,16). The highest BCUT2D eigenvalue weighted by Crippen LogP contribution is 2.20. The van der Waals surface area contributed by atoms with Crippen LogP contribution < -0.4 is 4.72 Å².